The quantitative estimate of drug-likeness (QED) is 0.717. The Labute approximate surface area is 78.6 Å². The Bertz CT molecular complexity index is 204. The van der Waals surface area contributed by atoms with Gasteiger partial charge < -0.3 is 9.88 Å². The molecule has 0 radical (unpaired) electrons. The Morgan fingerprint density at radius 3 is 2.67 bits per heavy atom. The molecule has 0 unspecified atom stereocenters. The van der Waals surface area contributed by atoms with Crippen molar-refractivity contribution in [1.29, 1.82) is 0 Å². The zero-order valence-corrected chi connectivity index (χ0v) is 7.76. The van der Waals surface area contributed by atoms with Crippen molar-refractivity contribution in [3.05, 3.63) is 18.7 Å². The molecule has 0 bridgehead atoms. The van der Waals surface area contributed by atoms with Gasteiger partial charge in [0.05, 0.1) is 6.33 Å². The molecule has 1 saturated heterocycles. The van der Waals surface area contributed by atoms with Crippen LogP contribution in [0.3, 0.4) is 0 Å². The van der Waals surface area contributed by atoms with Crippen molar-refractivity contribution in [2.75, 3.05) is 13.1 Å². The third-order valence-corrected chi connectivity index (χ3v) is 2.26. The lowest BCUT2D eigenvalue weighted by molar-refractivity contribution is 0.368. The monoisotopic (exact) mass is 187 g/mol. The number of nitrogens with one attached hydrogen (secondary N) is 1. The Morgan fingerprint density at radius 2 is 2.08 bits per heavy atom. The molecule has 2 heterocycles. The number of rotatable bonds is 1. The van der Waals surface area contributed by atoms with Gasteiger partial charge in [0.2, 0.25) is 0 Å². The number of halogens is 1. The molecule has 68 valence electrons. The minimum absolute atomic E-state index is 0. The summed E-state index contributed by atoms with van der Waals surface area (Å²) in [4.78, 5) is 4.04. The van der Waals surface area contributed by atoms with E-state index in [-0.39, 0.29) is 12.4 Å². The lowest BCUT2D eigenvalue weighted by Crippen LogP contribution is -2.28. The Kier molecular flexibility index (Phi) is 3.56. The summed E-state index contributed by atoms with van der Waals surface area (Å²) in [6.07, 6.45) is 8.28. The molecule has 0 aromatic carbocycles. The summed E-state index contributed by atoms with van der Waals surface area (Å²) in [6.45, 7) is 2.28. The van der Waals surface area contributed by atoms with Gasteiger partial charge in [-0.3, -0.25) is 0 Å². The predicted molar refractivity (Wildman–Crippen MR) is 50.6 cm³/mol. The van der Waals surface area contributed by atoms with Crippen molar-refractivity contribution in [3.63, 3.8) is 0 Å². The highest BCUT2D eigenvalue weighted by atomic mass is 35.5. The first kappa shape index (κ1) is 9.55. The van der Waals surface area contributed by atoms with Crippen molar-refractivity contribution in [1.82, 2.24) is 14.9 Å². The summed E-state index contributed by atoms with van der Waals surface area (Å²) < 4.78 is 2.21. The van der Waals surface area contributed by atoms with E-state index in [4.69, 9.17) is 0 Å². The Hall–Kier alpha value is -0.540. The van der Waals surface area contributed by atoms with E-state index < -0.39 is 0 Å². The molecule has 0 saturated carbocycles. The molecule has 1 fully saturated rings. The van der Waals surface area contributed by atoms with Crippen LogP contribution in [0.1, 0.15) is 18.9 Å². The number of nitrogens with zero attached hydrogens (tertiary/aromatic N) is 2. The second kappa shape index (κ2) is 4.48. The number of aromatic nitrogens is 2. The molecule has 0 amide bonds. The number of imidazole rings is 1. The van der Waals surface area contributed by atoms with Crippen molar-refractivity contribution in [2.24, 2.45) is 0 Å². The van der Waals surface area contributed by atoms with Crippen LogP contribution in [-0.2, 0) is 0 Å². The van der Waals surface area contributed by atoms with Gasteiger partial charge in [-0.2, -0.15) is 0 Å². The van der Waals surface area contributed by atoms with E-state index in [1.165, 1.54) is 12.8 Å². The van der Waals surface area contributed by atoms with Crippen LogP contribution in [0.5, 0.6) is 0 Å². The van der Waals surface area contributed by atoms with Crippen LogP contribution >= 0.6 is 12.4 Å². The van der Waals surface area contributed by atoms with E-state index >= 15 is 0 Å². The first-order chi connectivity index (χ1) is 5.47. The molecule has 1 aliphatic rings. The first-order valence-corrected chi connectivity index (χ1v) is 4.15. The maximum absolute atomic E-state index is 4.04. The van der Waals surface area contributed by atoms with E-state index in [1.807, 2.05) is 12.5 Å². The molecule has 0 spiro atoms. The van der Waals surface area contributed by atoms with Crippen LogP contribution in [0, 0.1) is 0 Å². The standard InChI is InChI=1S/C8H13N3.ClH/c1-3-9-4-2-8(1)11-6-5-10-7-11;/h5-9H,1-4H2;1H. The fraction of sp³-hybridized carbons (Fsp3) is 0.625. The van der Waals surface area contributed by atoms with Crippen LogP contribution in [0.2, 0.25) is 0 Å². The summed E-state index contributed by atoms with van der Waals surface area (Å²) >= 11 is 0. The second-order valence-electron chi connectivity index (χ2n) is 2.99. The van der Waals surface area contributed by atoms with E-state index in [9.17, 15) is 0 Å². The molecule has 1 N–H and O–H groups in total. The minimum atomic E-state index is 0. The number of hydrogen-bond donors (Lipinski definition) is 1. The van der Waals surface area contributed by atoms with E-state index in [0.29, 0.717) is 6.04 Å². The molecule has 0 atom stereocenters. The smallest absolute Gasteiger partial charge is 0.0948 e. The van der Waals surface area contributed by atoms with Crippen LogP contribution in [-0.4, -0.2) is 22.6 Å². The van der Waals surface area contributed by atoms with Gasteiger partial charge >= 0.3 is 0 Å². The predicted octanol–water partition coefficient (Wildman–Crippen LogP) is 1.23. The molecule has 3 nitrogen and oxygen atoms in total. The van der Waals surface area contributed by atoms with Gasteiger partial charge in [0.25, 0.3) is 0 Å². The minimum Gasteiger partial charge on any atom is -0.334 e. The second-order valence-corrected chi connectivity index (χ2v) is 2.99. The summed E-state index contributed by atoms with van der Waals surface area (Å²) in [5.41, 5.74) is 0. The number of piperidine rings is 1. The van der Waals surface area contributed by atoms with Crippen molar-refractivity contribution < 1.29 is 0 Å². The van der Waals surface area contributed by atoms with Crippen molar-refractivity contribution in [3.8, 4) is 0 Å². The van der Waals surface area contributed by atoms with Crippen LogP contribution in [0.15, 0.2) is 18.7 Å². The molecule has 1 aliphatic heterocycles. The molecule has 1 aromatic rings. The largest absolute Gasteiger partial charge is 0.334 e. The third kappa shape index (κ3) is 1.99. The average Bonchev–Trinajstić information content (AvgIpc) is 2.58. The van der Waals surface area contributed by atoms with Gasteiger partial charge in [0.1, 0.15) is 0 Å². The topological polar surface area (TPSA) is 29.9 Å². The van der Waals surface area contributed by atoms with Gasteiger partial charge in [-0.1, -0.05) is 0 Å². The average molecular weight is 188 g/mol. The molecule has 1 aromatic heterocycles. The van der Waals surface area contributed by atoms with Crippen LogP contribution < -0.4 is 5.32 Å². The maximum atomic E-state index is 4.04. The molecular formula is C8H14ClN3. The van der Waals surface area contributed by atoms with Crippen molar-refractivity contribution >= 4 is 12.4 Å². The summed E-state index contributed by atoms with van der Waals surface area (Å²) in [7, 11) is 0. The maximum Gasteiger partial charge on any atom is 0.0948 e. The van der Waals surface area contributed by atoms with E-state index in [1.54, 1.807) is 0 Å². The van der Waals surface area contributed by atoms with E-state index in [2.05, 4.69) is 21.1 Å². The zero-order chi connectivity index (χ0) is 7.52. The summed E-state index contributed by atoms with van der Waals surface area (Å²) in [6, 6.07) is 0.679. The van der Waals surface area contributed by atoms with Crippen LogP contribution in [0.4, 0.5) is 0 Å². The van der Waals surface area contributed by atoms with Gasteiger partial charge in [-0.05, 0) is 25.9 Å². The lowest BCUT2D eigenvalue weighted by Gasteiger charge is -2.23. The van der Waals surface area contributed by atoms with Gasteiger partial charge in [0, 0.05) is 18.4 Å². The van der Waals surface area contributed by atoms with Crippen molar-refractivity contribution in [2.45, 2.75) is 18.9 Å². The fourth-order valence-corrected chi connectivity index (χ4v) is 1.59. The van der Waals surface area contributed by atoms with Gasteiger partial charge in [-0.15, -0.1) is 12.4 Å². The normalized spacial score (nSPS) is 18.7. The van der Waals surface area contributed by atoms with Crippen LogP contribution in [0.25, 0.3) is 0 Å². The molecule has 4 heteroatoms. The molecular weight excluding hydrogens is 174 g/mol. The zero-order valence-electron chi connectivity index (χ0n) is 6.94. The van der Waals surface area contributed by atoms with E-state index in [0.717, 1.165) is 13.1 Å². The highest BCUT2D eigenvalue weighted by Crippen LogP contribution is 2.16. The summed E-state index contributed by atoms with van der Waals surface area (Å²) in [5.74, 6) is 0. The highest BCUT2D eigenvalue weighted by molar-refractivity contribution is 5.85. The lowest BCUT2D eigenvalue weighted by atomic mass is 10.1. The Morgan fingerprint density at radius 1 is 1.33 bits per heavy atom. The Balaban J connectivity index is 0.000000720. The SMILES string of the molecule is Cl.c1cn(C2CCNCC2)cn1. The fourth-order valence-electron chi connectivity index (χ4n) is 1.59. The third-order valence-electron chi connectivity index (χ3n) is 2.26. The molecule has 12 heavy (non-hydrogen) atoms. The molecule has 0 aliphatic carbocycles. The highest BCUT2D eigenvalue weighted by Gasteiger charge is 2.12. The summed E-state index contributed by atoms with van der Waals surface area (Å²) in [5, 5.41) is 3.34. The first-order valence-electron chi connectivity index (χ1n) is 4.15. The van der Waals surface area contributed by atoms with Gasteiger partial charge in [-0.25, -0.2) is 4.98 Å². The number of hydrogen-bond acceptors (Lipinski definition) is 2. The molecule has 2 rings (SSSR count). The van der Waals surface area contributed by atoms with Gasteiger partial charge in [0.15, 0.2) is 0 Å².